The molecule has 0 aromatic rings. The minimum atomic E-state index is -4.96. The highest BCUT2D eigenvalue weighted by Gasteiger charge is 2.30. The molecule has 0 aliphatic heterocycles. The molecule has 0 aromatic heterocycles. The number of aliphatic hydroxyl groups is 1. The monoisotopic (exact) mass is 1470 g/mol. The lowest BCUT2D eigenvalue weighted by molar-refractivity contribution is -0.161. The van der Waals surface area contributed by atoms with Crippen molar-refractivity contribution in [2.75, 3.05) is 39.6 Å². The SMILES string of the molecule is CCCCCCCCCCCCCCCCCCCCCCCC(=O)O[C@H](COC(=O)CCCCCCCCCCCCCCCCCCC)COP(=O)(O)OC[C@@H](O)COP(=O)(O)OC[C@@H](COC(=O)CCCCCCCCC(C)CC)OC(=O)CCCCCCCCCCCCCC. The fourth-order valence-electron chi connectivity index (χ4n) is 12.6. The molecule has 0 aliphatic rings. The maximum Gasteiger partial charge on any atom is 0.472 e. The number of esters is 4. The molecule has 0 radical (unpaired) electrons. The van der Waals surface area contributed by atoms with Crippen molar-refractivity contribution in [3.8, 4) is 0 Å². The summed E-state index contributed by atoms with van der Waals surface area (Å²) in [6.45, 7) is 7.29. The summed E-state index contributed by atoms with van der Waals surface area (Å²) >= 11 is 0. The fourth-order valence-corrected chi connectivity index (χ4v) is 14.1. The molecule has 3 N–H and O–H groups in total. The van der Waals surface area contributed by atoms with E-state index in [2.05, 4.69) is 34.6 Å². The highest BCUT2D eigenvalue weighted by Crippen LogP contribution is 2.45. The Bertz CT molecular complexity index is 1910. The van der Waals surface area contributed by atoms with Crippen LogP contribution in [-0.4, -0.2) is 96.7 Å². The van der Waals surface area contributed by atoms with E-state index in [4.69, 9.17) is 37.0 Å². The smallest absolute Gasteiger partial charge is 0.462 e. The second-order valence-corrected chi connectivity index (χ2v) is 32.3. The van der Waals surface area contributed by atoms with Crippen LogP contribution in [0.5, 0.6) is 0 Å². The molecular formula is C81H158O17P2. The van der Waals surface area contributed by atoms with Gasteiger partial charge in [0.1, 0.15) is 19.3 Å². The number of rotatable bonds is 81. The molecule has 0 bridgehead atoms. The molecule has 0 fully saturated rings. The van der Waals surface area contributed by atoms with Gasteiger partial charge in [0.25, 0.3) is 0 Å². The Balaban J connectivity index is 5.21. The van der Waals surface area contributed by atoms with Crippen molar-refractivity contribution in [3.63, 3.8) is 0 Å². The van der Waals surface area contributed by atoms with Crippen molar-refractivity contribution in [2.24, 2.45) is 5.92 Å². The van der Waals surface area contributed by atoms with E-state index in [0.29, 0.717) is 25.7 Å². The van der Waals surface area contributed by atoms with Crippen molar-refractivity contribution in [1.82, 2.24) is 0 Å². The van der Waals surface area contributed by atoms with E-state index >= 15 is 0 Å². The topological polar surface area (TPSA) is 237 Å². The number of hydrogen-bond donors (Lipinski definition) is 3. The van der Waals surface area contributed by atoms with Gasteiger partial charge in [-0.25, -0.2) is 9.13 Å². The lowest BCUT2D eigenvalue weighted by Crippen LogP contribution is -2.30. The Kier molecular flexibility index (Phi) is 72.5. The highest BCUT2D eigenvalue weighted by molar-refractivity contribution is 7.47. The van der Waals surface area contributed by atoms with E-state index in [1.807, 2.05) is 0 Å². The number of unbranched alkanes of at least 4 members (excludes halogenated alkanes) is 52. The Morgan fingerprint density at radius 1 is 0.280 bits per heavy atom. The molecule has 594 valence electrons. The van der Waals surface area contributed by atoms with E-state index in [0.717, 1.165) is 102 Å². The van der Waals surface area contributed by atoms with E-state index < -0.39 is 97.5 Å². The first-order valence-corrected chi connectivity index (χ1v) is 45.2. The van der Waals surface area contributed by atoms with E-state index in [1.54, 1.807) is 0 Å². The number of phosphoric ester groups is 2. The van der Waals surface area contributed by atoms with Crippen molar-refractivity contribution in [2.45, 2.75) is 451 Å². The quantitative estimate of drug-likeness (QED) is 0.0222. The van der Waals surface area contributed by atoms with Crippen LogP contribution in [0, 0.1) is 5.92 Å². The third-order valence-electron chi connectivity index (χ3n) is 19.4. The van der Waals surface area contributed by atoms with Gasteiger partial charge in [0.05, 0.1) is 26.4 Å². The van der Waals surface area contributed by atoms with Gasteiger partial charge >= 0.3 is 39.5 Å². The van der Waals surface area contributed by atoms with E-state index in [1.165, 1.54) is 250 Å². The summed E-state index contributed by atoms with van der Waals surface area (Å²) in [5.74, 6) is -1.38. The lowest BCUT2D eigenvalue weighted by Gasteiger charge is -2.21. The molecule has 0 heterocycles. The first kappa shape index (κ1) is 98.1. The van der Waals surface area contributed by atoms with Gasteiger partial charge in [-0.05, 0) is 31.6 Å². The molecule has 0 rings (SSSR count). The van der Waals surface area contributed by atoms with Gasteiger partial charge in [-0.1, -0.05) is 381 Å². The molecule has 6 atom stereocenters. The van der Waals surface area contributed by atoms with Crippen LogP contribution < -0.4 is 0 Å². The van der Waals surface area contributed by atoms with Crippen LogP contribution in [0.3, 0.4) is 0 Å². The second-order valence-electron chi connectivity index (χ2n) is 29.4. The molecule has 0 aromatic carbocycles. The highest BCUT2D eigenvalue weighted by atomic mass is 31.2. The molecule has 17 nitrogen and oxygen atoms in total. The zero-order valence-corrected chi connectivity index (χ0v) is 67.1. The lowest BCUT2D eigenvalue weighted by atomic mass is 10.00. The summed E-state index contributed by atoms with van der Waals surface area (Å²) in [4.78, 5) is 73.0. The maximum atomic E-state index is 13.1. The Morgan fingerprint density at radius 3 is 0.710 bits per heavy atom. The second kappa shape index (κ2) is 73.9. The van der Waals surface area contributed by atoms with Crippen molar-refractivity contribution in [3.05, 3.63) is 0 Å². The van der Waals surface area contributed by atoms with Crippen molar-refractivity contribution in [1.29, 1.82) is 0 Å². The fraction of sp³-hybridized carbons (Fsp3) is 0.951. The molecular weight excluding hydrogens is 1310 g/mol. The van der Waals surface area contributed by atoms with Crippen LogP contribution in [0.4, 0.5) is 0 Å². The third kappa shape index (κ3) is 73.0. The number of ether oxygens (including phenoxy) is 4. The number of phosphoric acid groups is 2. The first-order valence-electron chi connectivity index (χ1n) is 42.2. The van der Waals surface area contributed by atoms with Crippen LogP contribution in [0.25, 0.3) is 0 Å². The third-order valence-corrected chi connectivity index (χ3v) is 21.3. The van der Waals surface area contributed by atoms with E-state index in [-0.39, 0.29) is 25.7 Å². The number of carbonyl (C=O) groups excluding carboxylic acids is 4. The first-order chi connectivity index (χ1) is 48.6. The molecule has 0 spiro atoms. The predicted octanol–water partition coefficient (Wildman–Crippen LogP) is 24.4. The predicted molar refractivity (Wildman–Crippen MR) is 409 cm³/mol. The summed E-state index contributed by atoms with van der Waals surface area (Å²) in [5, 5.41) is 10.6. The van der Waals surface area contributed by atoms with Crippen molar-refractivity contribution < 1.29 is 80.2 Å². The van der Waals surface area contributed by atoms with Crippen LogP contribution >= 0.6 is 15.6 Å². The van der Waals surface area contributed by atoms with Gasteiger partial charge < -0.3 is 33.8 Å². The van der Waals surface area contributed by atoms with Crippen molar-refractivity contribution >= 4 is 39.5 Å². The average molecular weight is 1470 g/mol. The van der Waals surface area contributed by atoms with Crippen LogP contribution in [0.15, 0.2) is 0 Å². The molecule has 0 saturated heterocycles. The summed E-state index contributed by atoms with van der Waals surface area (Å²) in [6, 6.07) is 0. The minimum absolute atomic E-state index is 0.107. The van der Waals surface area contributed by atoms with Gasteiger partial charge in [-0.15, -0.1) is 0 Å². The Morgan fingerprint density at radius 2 is 0.480 bits per heavy atom. The molecule has 3 unspecified atom stereocenters. The van der Waals surface area contributed by atoms with E-state index in [9.17, 15) is 43.2 Å². The van der Waals surface area contributed by atoms with Crippen LogP contribution in [0.1, 0.15) is 433 Å². The van der Waals surface area contributed by atoms with Gasteiger partial charge in [0.15, 0.2) is 12.2 Å². The Hall–Kier alpha value is -1.94. The minimum Gasteiger partial charge on any atom is -0.462 e. The van der Waals surface area contributed by atoms with Gasteiger partial charge in [0.2, 0.25) is 0 Å². The van der Waals surface area contributed by atoms with Gasteiger partial charge in [-0.3, -0.25) is 37.3 Å². The molecule has 0 amide bonds. The normalized spacial score (nSPS) is 14.1. The summed E-state index contributed by atoms with van der Waals surface area (Å²) < 4.78 is 68.7. The maximum absolute atomic E-state index is 13.1. The summed E-state index contributed by atoms with van der Waals surface area (Å²) in [6.07, 6.45) is 65.3. The number of carbonyl (C=O) groups is 4. The van der Waals surface area contributed by atoms with Crippen LogP contribution in [-0.2, 0) is 65.4 Å². The van der Waals surface area contributed by atoms with Gasteiger partial charge in [-0.2, -0.15) is 0 Å². The van der Waals surface area contributed by atoms with Crippen LogP contribution in [0.2, 0.25) is 0 Å². The Labute approximate surface area is 613 Å². The summed E-state index contributed by atoms with van der Waals surface area (Å²) in [7, 11) is -9.92. The standard InChI is InChI=1S/C81H158O17P2/c1-6-10-13-16-19-22-25-28-30-32-33-34-35-37-39-41-44-47-50-57-62-67-81(86)97-76(70-91-78(83)64-59-54-48-45-43-40-38-36-31-29-26-23-20-17-14-11-7-2)72-95-99(87,88)93-68-75(82)69-94-100(89,90)96-73-77(71-92-79(84)65-60-55-52-51-53-58-63-74(5)9-4)98-80(85)66-61-56-49-46-42-27-24-21-18-15-12-8-3/h74-77,82H,6-73H2,1-5H3,(H,87,88)(H,89,90)/t74?,75-,76-,77-/m1/s1. The summed E-state index contributed by atoms with van der Waals surface area (Å²) in [5.41, 5.74) is 0. The molecule has 19 heteroatoms. The molecule has 0 aliphatic carbocycles. The average Bonchev–Trinajstić information content (AvgIpc) is 0.947. The molecule has 100 heavy (non-hydrogen) atoms. The number of aliphatic hydroxyl groups excluding tert-OH is 1. The largest absolute Gasteiger partial charge is 0.472 e. The van der Waals surface area contributed by atoms with Gasteiger partial charge in [0, 0.05) is 25.7 Å². The molecule has 0 saturated carbocycles. The zero-order valence-electron chi connectivity index (χ0n) is 65.3. The number of hydrogen-bond acceptors (Lipinski definition) is 15. The zero-order chi connectivity index (χ0) is 73.4.